The summed E-state index contributed by atoms with van der Waals surface area (Å²) in [7, 11) is 0. The Hall–Kier alpha value is 0.310. The third-order valence-corrected chi connectivity index (χ3v) is 3.20. The van der Waals surface area contributed by atoms with Crippen LogP contribution in [0.4, 0.5) is 0 Å². The average molecular weight is 187 g/mol. The Morgan fingerprint density at radius 1 is 1.17 bits per heavy atom. The molecule has 0 saturated carbocycles. The summed E-state index contributed by atoms with van der Waals surface area (Å²) in [5, 5.41) is 0. The normalized spacial score (nSPS) is 23.5. The van der Waals surface area contributed by atoms with Crippen LogP contribution in [0.3, 0.4) is 0 Å². The Labute approximate surface area is 81.9 Å². The van der Waals surface area contributed by atoms with E-state index in [-0.39, 0.29) is 0 Å². The molecule has 12 heavy (non-hydrogen) atoms. The van der Waals surface area contributed by atoms with Gasteiger partial charge >= 0.3 is 0 Å². The Balaban J connectivity index is 2.20. The zero-order valence-electron chi connectivity index (χ0n) is 8.13. The van der Waals surface area contributed by atoms with Gasteiger partial charge in [0, 0.05) is 6.54 Å². The molecule has 1 fully saturated rings. The van der Waals surface area contributed by atoms with Crippen molar-refractivity contribution in [2.75, 3.05) is 25.4 Å². The minimum Gasteiger partial charge on any atom is -0.303 e. The summed E-state index contributed by atoms with van der Waals surface area (Å²) in [5.41, 5.74) is 0. The topological polar surface area (TPSA) is 3.24 Å². The first-order chi connectivity index (χ1) is 5.83. The molecule has 0 spiro atoms. The third-order valence-electron chi connectivity index (χ3n) is 2.58. The highest BCUT2D eigenvalue weighted by atomic mass is 32.1. The number of likely N-dealkylation sites (tertiary alicyclic amines) is 1. The van der Waals surface area contributed by atoms with Gasteiger partial charge in [-0.2, -0.15) is 12.6 Å². The molecule has 1 unspecified atom stereocenters. The van der Waals surface area contributed by atoms with Gasteiger partial charge in [0.25, 0.3) is 0 Å². The van der Waals surface area contributed by atoms with Gasteiger partial charge < -0.3 is 4.90 Å². The van der Waals surface area contributed by atoms with E-state index in [1.165, 1.54) is 45.3 Å². The van der Waals surface area contributed by atoms with Crippen molar-refractivity contribution in [1.29, 1.82) is 0 Å². The molecule has 0 radical (unpaired) electrons. The van der Waals surface area contributed by atoms with Crippen LogP contribution < -0.4 is 0 Å². The van der Waals surface area contributed by atoms with Gasteiger partial charge in [0.2, 0.25) is 0 Å². The standard InChI is InChI=1S/C10H21NS/c1-10(9-12)8-11-6-4-2-3-5-7-11/h10,12H,2-9H2,1H3. The Bertz CT molecular complexity index is 108. The van der Waals surface area contributed by atoms with Crippen molar-refractivity contribution >= 4 is 12.6 Å². The first kappa shape index (κ1) is 10.4. The first-order valence-electron chi connectivity index (χ1n) is 5.16. The van der Waals surface area contributed by atoms with Gasteiger partial charge in [-0.05, 0) is 37.6 Å². The molecule has 1 nitrogen and oxygen atoms in total. The van der Waals surface area contributed by atoms with Crippen LogP contribution in [0, 0.1) is 5.92 Å². The average Bonchev–Trinajstić information content (AvgIpc) is 2.33. The van der Waals surface area contributed by atoms with Crippen molar-refractivity contribution in [2.45, 2.75) is 32.6 Å². The molecule has 1 aliphatic heterocycles. The highest BCUT2D eigenvalue weighted by molar-refractivity contribution is 7.80. The van der Waals surface area contributed by atoms with Crippen molar-refractivity contribution in [3.05, 3.63) is 0 Å². The summed E-state index contributed by atoms with van der Waals surface area (Å²) in [4.78, 5) is 2.61. The smallest absolute Gasteiger partial charge is 0.00148 e. The van der Waals surface area contributed by atoms with Gasteiger partial charge in [0.15, 0.2) is 0 Å². The van der Waals surface area contributed by atoms with Crippen LogP contribution in [0.25, 0.3) is 0 Å². The molecule has 1 rings (SSSR count). The maximum Gasteiger partial charge on any atom is 0.00148 e. The van der Waals surface area contributed by atoms with Crippen LogP contribution in [0.5, 0.6) is 0 Å². The van der Waals surface area contributed by atoms with E-state index >= 15 is 0 Å². The fourth-order valence-electron chi connectivity index (χ4n) is 1.82. The molecule has 72 valence electrons. The molecule has 1 aliphatic rings. The number of thiol groups is 1. The van der Waals surface area contributed by atoms with E-state index in [4.69, 9.17) is 0 Å². The van der Waals surface area contributed by atoms with Gasteiger partial charge in [-0.25, -0.2) is 0 Å². The summed E-state index contributed by atoms with van der Waals surface area (Å²) >= 11 is 4.32. The molecule has 2 heteroatoms. The molecule has 0 aromatic carbocycles. The summed E-state index contributed by atoms with van der Waals surface area (Å²) in [6.45, 7) is 6.18. The summed E-state index contributed by atoms with van der Waals surface area (Å²) in [5.74, 6) is 1.78. The molecular weight excluding hydrogens is 166 g/mol. The molecular formula is C10H21NS. The van der Waals surface area contributed by atoms with Gasteiger partial charge in [0.1, 0.15) is 0 Å². The second-order valence-electron chi connectivity index (χ2n) is 4.00. The zero-order chi connectivity index (χ0) is 8.81. The Morgan fingerprint density at radius 2 is 1.75 bits per heavy atom. The van der Waals surface area contributed by atoms with Crippen LogP contribution in [-0.2, 0) is 0 Å². The van der Waals surface area contributed by atoms with E-state index in [2.05, 4.69) is 24.5 Å². The number of hydrogen-bond donors (Lipinski definition) is 1. The van der Waals surface area contributed by atoms with Crippen molar-refractivity contribution in [1.82, 2.24) is 4.90 Å². The van der Waals surface area contributed by atoms with E-state index < -0.39 is 0 Å². The predicted molar refractivity (Wildman–Crippen MR) is 57.9 cm³/mol. The monoisotopic (exact) mass is 187 g/mol. The second-order valence-corrected chi connectivity index (χ2v) is 4.37. The highest BCUT2D eigenvalue weighted by Gasteiger charge is 2.10. The minimum absolute atomic E-state index is 0.756. The first-order valence-corrected chi connectivity index (χ1v) is 5.79. The zero-order valence-corrected chi connectivity index (χ0v) is 9.02. The number of rotatable bonds is 3. The van der Waals surface area contributed by atoms with Crippen molar-refractivity contribution < 1.29 is 0 Å². The molecule has 1 saturated heterocycles. The molecule has 0 amide bonds. The van der Waals surface area contributed by atoms with E-state index in [9.17, 15) is 0 Å². The third kappa shape index (κ3) is 3.81. The SMILES string of the molecule is CC(CS)CN1CCCCCC1. The number of nitrogens with zero attached hydrogens (tertiary/aromatic N) is 1. The number of hydrogen-bond acceptors (Lipinski definition) is 2. The largest absolute Gasteiger partial charge is 0.303 e. The fraction of sp³-hybridized carbons (Fsp3) is 1.00. The predicted octanol–water partition coefficient (Wildman–Crippen LogP) is 2.43. The molecule has 0 N–H and O–H groups in total. The lowest BCUT2D eigenvalue weighted by Gasteiger charge is -2.22. The molecule has 0 aliphatic carbocycles. The Kier molecular flexibility index (Phi) is 5.08. The van der Waals surface area contributed by atoms with Crippen molar-refractivity contribution in [3.8, 4) is 0 Å². The van der Waals surface area contributed by atoms with E-state index in [0.717, 1.165) is 11.7 Å². The highest BCUT2D eigenvalue weighted by Crippen LogP contribution is 2.11. The molecule has 1 heterocycles. The Morgan fingerprint density at radius 3 is 2.25 bits per heavy atom. The van der Waals surface area contributed by atoms with Crippen LogP contribution in [0.15, 0.2) is 0 Å². The molecule has 1 atom stereocenters. The molecule has 0 bridgehead atoms. The molecule has 0 aromatic rings. The van der Waals surface area contributed by atoms with Crippen LogP contribution in [0.1, 0.15) is 32.6 Å². The summed E-state index contributed by atoms with van der Waals surface area (Å²) in [6, 6.07) is 0. The quantitative estimate of drug-likeness (QED) is 0.664. The second kappa shape index (κ2) is 5.87. The van der Waals surface area contributed by atoms with Crippen molar-refractivity contribution in [2.24, 2.45) is 5.92 Å². The maximum atomic E-state index is 4.32. The minimum atomic E-state index is 0.756. The lowest BCUT2D eigenvalue weighted by atomic mass is 10.2. The summed E-state index contributed by atoms with van der Waals surface area (Å²) < 4.78 is 0. The van der Waals surface area contributed by atoms with Gasteiger partial charge in [-0.3, -0.25) is 0 Å². The fourth-order valence-corrected chi connectivity index (χ4v) is 1.93. The summed E-state index contributed by atoms with van der Waals surface area (Å²) in [6.07, 6.45) is 5.68. The lowest BCUT2D eigenvalue weighted by Crippen LogP contribution is -2.30. The van der Waals surface area contributed by atoms with Gasteiger partial charge in [-0.15, -0.1) is 0 Å². The van der Waals surface area contributed by atoms with Crippen LogP contribution in [-0.4, -0.2) is 30.3 Å². The maximum absolute atomic E-state index is 4.32. The van der Waals surface area contributed by atoms with E-state index in [1.807, 2.05) is 0 Å². The lowest BCUT2D eigenvalue weighted by molar-refractivity contribution is 0.255. The van der Waals surface area contributed by atoms with E-state index in [1.54, 1.807) is 0 Å². The van der Waals surface area contributed by atoms with Crippen molar-refractivity contribution in [3.63, 3.8) is 0 Å². The van der Waals surface area contributed by atoms with Gasteiger partial charge in [-0.1, -0.05) is 19.8 Å². The molecule has 0 aromatic heterocycles. The van der Waals surface area contributed by atoms with E-state index in [0.29, 0.717) is 0 Å². The van der Waals surface area contributed by atoms with Crippen LogP contribution in [0.2, 0.25) is 0 Å². The van der Waals surface area contributed by atoms with Gasteiger partial charge in [0.05, 0.1) is 0 Å². The van der Waals surface area contributed by atoms with Crippen LogP contribution >= 0.6 is 12.6 Å².